The molecule has 2 rings (SSSR count). The molecule has 1 aromatic rings. The summed E-state index contributed by atoms with van der Waals surface area (Å²) < 4.78 is 37.3. The van der Waals surface area contributed by atoms with Crippen molar-refractivity contribution in [3.05, 3.63) is 35.9 Å². The molecule has 1 fully saturated rings. The van der Waals surface area contributed by atoms with Gasteiger partial charge in [-0.2, -0.15) is 13.2 Å². The molecule has 1 heterocycles. The lowest BCUT2D eigenvalue weighted by Crippen LogP contribution is -2.44. The van der Waals surface area contributed by atoms with Gasteiger partial charge in [0.25, 0.3) is 0 Å². The molecule has 1 aliphatic heterocycles. The molecule has 1 amide bonds. The molecule has 0 aliphatic carbocycles. The third-order valence-electron chi connectivity index (χ3n) is 3.19. The molecule has 0 aromatic heterocycles. The zero-order valence-electron chi connectivity index (χ0n) is 9.78. The van der Waals surface area contributed by atoms with E-state index in [0.29, 0.717) is 19.3 Å². The summed E-state index contributed by atoms with van der Waals surface area (Å²) in [7, 11) is 0. The van der Waals surface area contributed by atoms with E-state index in [0.717, 1.165) is 10.5 Å². The minimum Gasteiger partial charge on any atom is -0.332 e. The van der Waals surface area contributed by atoms with Crippen molar-refractivity contribution in [3.8, 4) is 0 Å². The third kappa shape index (κ3) is 2.83. The number of hydrogen-bond donors (Lipinski definition) is 0. The van der Waals surface area contributed by atoms with Crippen molar-refractivity contribution in [2.45, 2.75) is 31.5 Å². The van der Waals surface area contributed by atoms with Crippen LogP contribution < -0.4 is 0 Å². The molecular weight excluding hydrogens is 243 g/mol. The van der Waals surface area contributed by atoms with E-state index in [1.54, 1.807) is 0 Å². The summed E-state index contributed by atoms with van der Waals surface area (Å²) in [5, 5.41) is 0. The summed E-state index contributed by atoms with van der Waals surface area (Å²) in [4.78, 5) is 12.2. The van der Waals surface area contributed by atoms with E-state index < -0.39 is 12.1 Å². The molecule has 0 bridgehead atoms. The van der Waals surface area contributed by atoms with Gasteiger partial charge in [-0.15, -0.1) is 0 Å². The first-order valence-electron chi connectivity index (χ1n) is 5.90. The molecule has 2 nitrogen and oxygen atoms in total. The molecule has 1 aromatic carbocycles. The van der Waals surface area contributed by atoms with E-state index in [1.807, 2.05) is 30.3 Å². The summed E-state index contributed by atoms with van der Waals surface area (Å²) in [5.74, 6) is -1.71. The summed E-state index contributed by atoms with van der Waals surface area (Å²) in [6.45, 7) is 0.204. The Labute approximate surface area is 103 Å². The van der Waals surface area contributed by atoms with Crippen LogP contribution in [0.1, 0.15) is 18.4 Å². The van der Waals surface area contributed by atoms with Crippen LogP contribution in [0.5, 0.6) is 0 Å². The average molecular weight is 257 g/mol. The van der Waals surface area contributed by atoms with Crippen LogP contribution in [-0.2, 0) is 11.2 Å². The molecule has 0 spiro atoms. The summed E-state index contributed by atoms with van der Waals surface area (Å²) in [5.41, 5.74) is 0.962. The van der Waals surface area contributed by atoms with Crippen molar-refractivity contribution in [3.63, 3.8) is 0 Å². The van der Waals surface area contributed by atoms with Crippen molar-refractivity contribution in [1.29, 1.82) is 0 Å². The van der Waals surface area contributed by atoms with Crippen LogP contribution in [0.25, 0.3) is 0 Å². The van der Waals surface area contributed by atoms with Gasteiger partial charge in [-0.05, 0) is 24.8 Å². The zero-order valence-corrected chi connectivity index (χ0v) is 9.78. The van der Waals surface area contributed by atoms with Crippen molar-refractivity contribution >= 4 is 5.91 Å². The van der Waals surface area contributed by atoms with Crippen LogP contribution in [0.4, 0.5) is 13.2 Å². The number of carbonyl (C=O) groups is 1. The topological polar surface area (TPSA) is 20.3 Å². The van der Waals surface area contributed by atoms with Crippen molar-refractivity contribution in [2.24, 2.45) is 0 Å². The summed E-state index contributed by atoms with van der Waals surface area (Å²) in [6, 6.07) is 8.96. The molecule has 0 saturated carbocycles. The van der Waals surface area contributed by atoms with E-state index >= 15 is 0 Å². The lowest BCUT2D eigenvalue weighted by atomic mass is 10.0. The fourth-order valence-electron chi connectivity index (χ4n) is 2.36. The number of nitrogens with zero attached hydrogens (tertiary/aromatic N) is 1. The monoisotopic (exact) mass is 257 g/mol. The van der Waals surface area contributed by atoms with Gasteiger partial charge in [-0.1, -0.05) is 30.3 Å². The van der Waals surface area contributed by atoms with E-state index in [9.17, 15) is 18.0 Å². The van der Waals surface area contributed by atoms with Crippen LogP contribution in [0.2, 0.25) is 0 Å². The van der Waals surface area contributed by atoms with Gasteiger partial charge in [-0.25, -0.2) is 0 Å². The molecule has 0 N–H and O–H groups in total. The largest absolute Gasteiger partial charge is 0.471 e. The van der Waals surface area contributed by atoms with E-state index in [2.05, 4.69) is 0 Å². The van der Waals surface area contributed by atoms with E-state index in [1.165, 1.54) is 0 Å². The van der Waals surface area contributed by atoms with Crippen LogP contribution in [0.15, 0.2) is 30.3 Å². The second-order valence-electron chi connectivity index (χ2n) is 4.48. The van der Waals surface area contributed by atoms with Crippen molar-refractivity contribution < 1.29 is 18.0 Å². The lowest BCUT2D eigenvalue weighted by Gasteiger charge is -2.25. The fourth-order valence-corrected chi connectivity index (χ4v) is 2.36. The van der Waals surface area contributed by atoms with Gasteiger partial charge >= 0.3 is 12.1 Å². The third-order valence-corrected chi connectivity index (χ3v) is 3.19. The molecule has 18 heavy (non-hydrogen) atoms. The Balaban J connectivity index is 2.07. The standard InChI is InChI=1S/C13H14F3NO/c14-13(15,16)12(18)17-8-4-7-11(17)9-10-5-2-1-3-6-10/h1-3,5-6,11H,4,7-9H2. The predicted octanol–water partition coefficient (Wildman–Crippen LogP) is 2.78. The number of amides is 1. The Morgan fingerprint density at radius 3 is 2.56 bits per heavy atom. The minimum atomic E-state index is -4.76. The van der Waals surface area contributed by atoms with Gasteiger partial charge < -0.3 is 4.90 Å². The molecule has 1 saturated heterocycles. The first-order chi connectivity index (χ1) is 8.48. The number of likely N-dealkylation sites (tertiary alicyclic amines) is 1. The minimum absolute atomic E-state index is 0.204. The normalized spacial score (nSPS) is 20.2. The second-order valence-corrected chi connectivity index (χ2v) is 4.48. The number of carbonyl (C=O) groups excluding carboxylic acids is 1. The first kappa shape index (κ1) is 12.9. The van der Waals surface area contributed by atoms with Crippen molar-refractivity contribution in [1.82, 2.24) is 4.90 Å². The SMILES string of the molecule is O=C(N1CCCC1Cc1ccccc1)C(F)(F)F. The molecule has 5 heteroatoms. The summed E-state index contributed by atoms with van der Waals surface area (Å²) >= 11 is 0. The highest BCUT2D eigenvalue weighted by molar-refractivity contribution is 5.82. The van der Waals surface area contributed by atoms with Gasteiger partial charge in [0.05, 0.1) is 0 Å². The number of halogens is 3. The molecule has 1 aliphatic rings. The van der Waals surface area contributed by atoms with Gasteiger partial charge in [-0.3, -0.25) is 4.79 Å². The Bertz CT molecular complexity index is 416. The number of alkyl halides is 3. The molecule has 98 valence electrons. The summed E-state index contributed by atoms with van der Waals surface area (Å²) in [6.07, 6.45) is -3.00. The first-order valence-corrected chi connectivity index (χ1v) is 5.90. The van der Waals surface area contributed by atoms with Crippen LogP contribution in [0.3, 0.4) is 0 Å². The van der Waals surface area contributed by atoms with Gasteiger partial charge in [0.2, 0.25) is 0 Å². The van der Waals surface area contributed by atoms with Gasteiger partial charge in [0, 0.05) is 12.6 Å². The molecule has 1 atom stereocenters. The van der Waals surface area contributed by atoms with Gasteiger partial charge in [0.15, 0.2) is 0 Å². The average Bonchev–Trinajstić information content (AvgIpc) is 2.76. The van der Waals surface area contributed by atoms with Crippen LogP contribution >= 0.6 is 0 Å². The maximum Gasteiger partial charge on any atom is 0.471 e. The Kier molecular flexibility index (Phi) is 3.59. The maximum absolute atomic E-state index is 12.4. The molecule has 1 unspecified atom stereocenters. The van der Waals surface area contributed by atoms with E-state index in [4.69, 9.17) is 0 Å². The van der Waals surface area contributed by atoms with E-state index in [-0.39, 0.29) is 12.6 Å². The highest BCUT2D eigenvalue weighted by Gasteiger charge is 2.45. The lowest BCUT2D eigenvalue weighted by molar-refractivity contribution is -0.186. The van der Waals surface area contributed by atoms with Crippen LogP contribution in [-0.4, -0.2) is 29.6 Å². The fraction of sp³-hybridized carbons (Fsp3) is 0.462. The zero-order chi connectivity index (χ0) is 13.2. The number of rotatable bonds is 2. The predicted molar refractivity (Wildman–Crippen MR) is 60.9 cm³/mol. The van der Waals surface area contributed by atoms with Crippen molar-refractivity contribution in [2.75, 3.05) is 6.54 Å². The molecular formula is C13H14F3NO. The Morgan fingerprint density at radius 2 is 1.94 bits per heavy atom. The maximum atomic E-state index is 12.4. The Hall–Kier alpha value is -1.52. The highest BCUT2D eigenvalue weighted by Crippen LogP contribution is 2.27. The molecule has 0 radical (unpaired) electrons. The Morgan fingerprint density at radius 1 is 1.28 bits per heavy atom. The highest BCUT2D eigenvalue weighted by atomic mass is 19.4. The number of hydrogen-bond acceptors (Lipinski definition) is 1. The second kappa shape index (κ2) is 5.00. The van der Waals surface area contributed by atoms with Crippen LogP contribution in [0, 0.1) is 0 Å². The smallest absolute Gasteiger partial charge is 0.332 e. The quantitative estimate of drug-likeness (QED) is 0.797. The number of benzene rings is 1. The van der Waals surface area contributed by atoms with Gasteiger partial charge in [0.1, 0.15) is 0 Å².